The van der Waals surface area contributed by atoms with Crippen molar-refractivity contribution in [2.75, 3.05) is 12.4 Å². The predicted octanol–water partition coefficient (Wildman–Crippen LogP) is 7.22. The van der Waals surface area contributed by atoms with Crippen molar-refractivity contribution in [3.63, 3.8) is 0 Å². The third kappa shape index (κ3) is 6.93. The topological polar surface area (TPSA) is 112 Å². The van der Waals surface area contributed by atoms with Gasteiger partial charge in [0.05, 0.1) is 27.5 Å². The van der Waals surface area contributed by atoms with E-state index < -0.39 is 75.6 Å². The zero-order valence-corrected chi connectivity index (χ0v) is 25.8. The number of nitrogens with one attached hydrogen (secondary N) is 1. The van der Waals surface area contributed by atoms with Gasteiger partial charge in [0.15, 0.2) is 5.16 Å². The van der Waals surface area contributed by atoms with Gasteiger partial charge in [-0.25, -0.2) is 18.7 Å². The normalized spacial score (nSPS) is 26.0. The largest absolute Gasteiger partial charge is 0.481 e. The summed E-state index contributed by atoms with van der Waals surface area (Å²) < 4.78 is 73.0. The molecule has 2 heterocycles. The summed E-state index contributed by atoms with van der Waals surface area (Å²) in [5.41, 5.74) is -5.91. The lowest BCUT2D eigenvalue weighted by Crippen LogP contribution is -2.70. The van der Waals surface area contributed by atoms with E-state index in [9.17, 15) is 37.4 Å². The fraction of sp³-hybridized carbons (Fsp3) is 0.586. The average Bonchev–Trinajstić information content (AvgIpc) is 2.89. The SMILES string of the molecule is Cc1cc(C)nc(SCCCCCCC2(C(=O)O)C(C)NC(CF)C(C)(C(=O)O)C2c2c(F)ccc(Cl)c2C(F)(F)F)n1. The van der Waals surface area contributed by atoms with Crippen molar-refractivity contribution in [3.8, 4) is 0 Å². The first-order valence-electron chi connectivity index (χ1n) is 13.8. The first-order chi connectivity index (χ1) is 20.0. The maximum Gasteiger partial charge on any atom is 0.418 e. The molecule has 5 unspecified atom stereocenters. The van der Waals surface area contributed by atoms with Crippen LogP contribution in [0.5, 0.6) is 0 Å². The Morgan fingerprint density at radius 3 is 2.21 bits per heavy atom. The van der Waals surface area contributed by atoms with Crippen molar-refractivity contribution in [2.45, 2.75) is 89.1 Å². The molecule has 43 heavy (non-hydrogen) atoms. The molecule has 7 nitrogen and oxygen atoms in total. The van der Waals surface area contributed by atoms with Crippen molar-refractivity contribution < 1.29 is 41.8 Å². The van der Waals surface area contributed by atoms with Gasteiger partial charge < -0.3 is 15.5 Å². The van der Waals surface area contributed by atoms with Crippen LogP contribution >= 0.6 is 23.4 Å². The lowest BCUT2D eigenvalue weighted by molar-refractivity contribution is -0.174. The number of alkyl halides is 4. The molecule has 0 spiro atoms. The first-order valence-corrected chi connectivity index (χ1v) is 15.2. The molecule has 1 saturated heterocycles. The number of aryl methyl sites for hydroxylation is 2. The van der Waals surface area contributed by atoms with Crippen LogP contribution in [0.1, 0.15) is 74.4 Å². The number of hydrogen-bond donors (Lipinski definition) is 3. The monoisotopic (exact) mass is 651 g/mol. The van der Waals surface area contributed by atoms with Crippen molar-refractivity contribution in [3.05, 3.63) is 51.6 Å². The number of unbranched alkanes of at least 4 members (excludes halogenated alkanes) is 3. The minimum absolute atomic E-state index is 0.180. The number of hydrogen-bond acceptors (Lipinski definition) is 6. The van der Waals surface area contributed by atoms with Gasteiger partial charge in [-0.1, -0.05) is 42.6 Å². The number of carbonyl (C=O) groups is 2. The minimum atomic E-state index is -5.26. The maximum atomic E-state index is 15.6. The zero-order valence-electron chi connectivity index (χ0n) is 24.2. The van der Waals surface area contributed by atoms with Crippen molar-refractivity contribution in [1.29, 1.82) is 0 Å². The van der Waals surface area contributed by atoms with E-state index in [1.54, 1.807) is 0 Å². The number of piperidine rings is 1. The van der Waals surface area contributed by atoms with Gasteiger partial charge in [-0.3, -0.25) is 9.59 Å². The summed E-state index contributed by atoms with van der Waals surface area (Å²) in [5.74, 6) is -6.29. The highest BCUT2D eigenvalue weighted by atomic mass is 35.5. The third-order valence-electron chi connectivity index (χ3n) is 8.47. The van der Waals surface area contributed by atoms with Crippen molar-refractivity contribution in [2.24, 2.45) is 10.8 Å². The number of rotatable bonds is 12. The molecule has 1 fully saturated rings. The van der Waals surface area contributed by atoms with E-state index in [1.165, 1.54) is 18.7 Å². The third-order valence-corrected chi connectivity index (χ3v) is 9.72. The van der Waals surface area contributed by atoms with Gasteiger partial charge in [-0.05, 0) is 58.7 Å². The van der Waals surface area contributed by atoms with E-state index in [2.05, 4.69) is 15.3 Å². The molecule has 0 aliphatic carbocycles. The maximum absolute atomic E-state index is 15.6. The number of benzene rings is 1. The highest BCUT2D eigenvalue weighted by molar-refractivity contribution is 7.99. The molecule has 1 aliphatic heterocycles. The lowest BCUT2D eigenvalue weighted by atomic mass is 9.50. The molecule has 0 bridgehead atoms. The Labute approximate surface area is 256 Å². The van der Waals surface area contributed by atoms with Gasteiger partial charge in [0, 0.05) is 34.7 Å². The van der Waals surface area contributed by atoms with Gasteiger partial charge in [-0.2, -0.15) is 13.2 Å². The molecule has 0 saturated carbocycles. The van der Waals surface area contributed by atoms with Crippen LogP contribution in [0.25, 0.3) is 0 Å². The summed E-state index contributed by atoms with van der Waals surface area (Å²) in [6.07, 6.45) is -3.57. The summed E-state index contributed by atoms with van der Waals surface area (Å²) in [6, 6.07) is 0.355. The Hall–Kier alpha value is -2.51. The van der Waals surface area contributed by atoms with Crippen LogP contribution in [-0.4, -0.2) is 56.6 Å². The van der Waals surface area contributed by atoms with E-state index in [0.717, 1.165) is 18.3 Å². The van der Waals surface area contributed by atoms with E-state index >= 15 is 4.39 Å². The molecule has 0 radical (unpaired) electrons. The van der Waals surface area contributed by atoms with Crippen LogP contribution in [0, 0.1) is 30.5 Å². The Morgan fingerprint density at radius 2 is 1.67 bits per heavy atom. The standard InChI is InChI=1S/C29H35ClF5N3O4S/c1-15-13-16(2)37-26(36-15)43-12-8-6-5-7-11-28(25(41)42)17(3)38-20(14-31)27(4,24(39)40)23(28)21-19(32)10-9-18(30)22(21)29(33,34)35/h9-10,13,17,20,23,38H,5-8,11-12,14H2,1-4H3,(H,39,40)(H,41,42). The summed E-state index contributed by atoms with van der Waals surface area (Å²) in [5, 5.41) is 23.4. The highest BCUT2D eigenvalue weighted by Crippen LogP contribution is 2.60. The number of nitrogens with zero attached hydrogens (tertiary/aromatic N) is 2. The second kappa shape index (κ2) is 13.6. The number of carboxylic acids is 2. The lowest BCUT2D eigenvalue weighted by Gasteiger charge is -2.56. The van der Waals surface area contributed by atoms with Crippen LogP contribution in [-0.2, 0) is 15.8 Å². The number of aliphatic carboxylic acids is 2. The molecule has 3 N–H and O–H groups in total. The second-order valence-corrected chi connectivity index (χ2v) is 12.7. The molecule has 0 amide bonds. The highest BCUT2D eigenvalue weighted by Gasteiger charge is 2.67. The number of halogens is 6. The minimum Gasteiger partial charge on any atom is -0.481 e. The van der Waals surface area contributed by atoms with Crippen LogP contribution in [0.15, 0.2) is 23.4 Å². The molecular weight excluding hydrogens is 617 g/mol. The molecule has 3 rings (SSSR count). The molecular formula is C29H35ClF5N3O4S. The molecule has 14 heteroatoms. The number of carboxylic acid groups (broad SMARTS) is 2. The summed E-state index contributed by atoms with van der Waals surface area (Å²) >= 11 is 7.37. The van der Waals surface area contributed by atoms with Crippen LogP contribution in [0.2, 0.25) is 5.02 Å². The molecule has 1 aromatic carbocycles. The van der Waals surface area contributed by atoms with E-state index in [4.69, 9.17) is 11.6 Å². The summed E-state index contributed by atoms with van der Waals surface area (Å²) in [6.45, 7) is 4.70. The van der Waals surface area contributed by atoms with E-state index in [1.807, 2.05) is 19.9 Å². The first kappa shape index (κ1) is 35.0. The quantitative estimate of drug-likeness (QED) is 0.0954. The number of thioether (sulfide) groups is 1. The molecule has 1 aromatic heterocycles. The molecule has 1 aliphatic rings. The molecule has 5 atom stereocenters. The fourth-order valence-corrected chi connectivity index (χ4v) is 7.57. The molecule has 2 aromatic rings. The van der Waals surface area contributed by atoms with Crippen molar-refractivity contribution in [1.82, 2.24) is 15.3 Å². The molecule has 238 valence electrons. The van der Waals surface area contributed by atoms with Gasteiger partial charge in [0.25, 0.3) is 0 Å². The Kier molecular flexibility index (Phi) is 11.1. The summed E-state index contributed by atoms with van der Waals surface area (Å²) in [7, 11) is 0. The Bertz CT molecular complexity index is 1330. The average molecular weight is 652 g/mol. The van der Waals surface area contributed by atoms with Crippen LogP contribution in [0.3, 0.4) is 0 Å². The van der Waals surface area contributed by atoms with Gasteiger partial charge in [0.2, 0.25) is 0 Å². The van der Waals surface area contributed by atoms with Crippen LogP contribution < -0.4 is 5.32 Å². The van der Waals surface area contributed by atoms with Gasteiger partial charge in [-0.15, -0.1) is 0 Å². The zero-order chi connectivity index (χ0) is 32.3. The number of aromatic nitrogens is 2. The van der Waals surface area contributed by atoms with Crippen molar-refractivity contribution >= 4 is 35.3 Å². The van der Waals surface area contributed by atoms with E-state index in [-0.39, 0.29) is 12.8 Å². The second-order valence-electron chi connectivity index (χ2n) is 11.2. The van der Waals surface area contributed by atoms with E-state index in [0.29, 0.717) is 42.3 Å². The summed E-state index contributed by atoms with van der Waals surface area (Å²) in [4.78, 5) is 34.6. The Balaban J connectivity index is 1.99. The fourth-order valence-electron chi connectivity index (χ4n) is 6.35. The van der Waals surface area contributed by atoms with Crippen LogP contribution in [0.4, 0.5) is 22.0 Å². The Morgan fingerprint density at radius 1 is 1.07 bits per heavy atom. The van der Waals surface area contributed by atoms with Gasteiger partial charge >= 0.3 is 18.1 Å². The van der Waals surface area contributed by atoms with Gasteiger partial charge in [0.1, 0.15) is 12.5 Å². The smallest absolute Gasteiger partial charge is 0.418 e. The predicted molar refractivity (Wildman–Crippen MR) is 153 cm³/mol.